The normalized spacial score (nSPS) is 22.9. The monoisotopic (exact) mass is 352 g/mol. The number of nitrogens with one attached hydrogen (secondary N) is 1. The Morgan fingerprint density at radius 2 is 2.04 bits per heavy atom. The number of benzene rings is 2. The summed E-state index contributed by atoms with van der Waals surface area (Å²) in [5, 5.41) is 14.9. The van der Waals surface area contributed by atoms with Crippen LogP contribution < -0.4 is 14.8 Å². The third-order valence-electron chi connectivity index (χ3n) is 5.30. The third-order valence-corrected chi connectivity index (χ3v) is 5.30. The highest BCUT2D eigenvalue weighted by Gasteiger charge is 2.40. The number of nitrogens with zero attached hydrogens (tertiary/aromatic N) is 1. The quantitative estimate of drug-likeness (QED) is 0.500. The molecule has 26 heavy (non-hydrogen) atoms. The van der Waals surface area contributed by atoms with Crippen molar-refractivity contribution in [1.29, 1.82) is 0 Å². The number of anilines is 1. The lowest BCUT2D eigenvalue weighted by Gasteiger charge is -2.38. The second-order valence-electron chi connectivity index (χ2n) is 6.62. The van der Waals surface area contributed by atoms with Crippen LogP contribution in [0, 0.1) is 16.0 Å². The van der Waals surface area contributed by atoms with Gasteiger partial charge in [-0.1, -0.05) is 24.3 Å². The first-order valence-electron chi connectivity index (χ1n) is 8.56. The van der Waals surface area contributed by atoms with Crippen LogP contribution in [0.1, 0.15) is 29.5 Å². The average Bonchev–Trinajstić information content (AvgIpc) is 3.16. The Labute approximate surface area is 151 Å². The van der Waals surface area contributed by atoms with E-state index < -0.39 is 0 Å². The number of ether oxygens (including phenoxy) is 2. The Morgan fingerprint density at radius 1 is 1.19 bits per heavy atom. The Balaban J connectivity index is 1.83. The van der Waals surface area contributed by atoms with Crippen molar-refractivity contribution < 1.29 is 14.4 Å². The van der Waals surface area contributed by atoms with Gasteiger partial charge in [0.1, 0.15) is 11.5 Å². The van der Waals surface area contributed by atoms with Gasteiger partial charge in [-0.05, 0) is 35.6 Å². The van der Waals surface area contributed by atoms with Crippen molar-refractivity contribution in [1.82, 2.24) is 0 Å². The van der Waals surface area contributed by atoms with E-state index in [4.69, 9.17) is 9.47 Å². The molecule has 6 nitrogen and oxygen atoms in total. The highest BCUT2D eigenvalue weighted by molar-refractivity contribution is 5.71. The fourth-order valence-corrected chi connectivity index (χ4v) is 4.08. The van der Waals surface area contributed by atoms with Crippen LogP contribution in [0.25, 0.3) is 0 Å². The van der Waals surface area contributed by atoms with Crippen molar-refractivity contribution in [3.63, 3.8) is 0 Å². The molecule has 0 fully saturated rings. The van der Waals surface area contributed by atoms with Crippen LogP contribution in [0.5, 0.6) is 11.5 Å². The van der Waals surface area contributed by atoms with Gasteiger partial charge in [-0.15, -0.1) is 0 Å². The Bertz CT molecular complexity index is 893. The maximum absolute atomic E-state index is 11.3. The molecule has 134 valence electrons. The highest BCUT2D eigenvalue weighted by Crippen LogP contribution is 2.53. The van der Waals surface area contributed by atoms with E-state index in [-0.39, 0.29) is 22.6 Å². The minimum atomic E-state index is -0.370. The lowest BCUT2D eigenvalue weighted by molar-refractivity contribution is -0.385. The first-order chi connectivity index (χ1) is 12.6. The summed E-state index contributed by atoms with van der Waals surface area (Å²) in [7, 11) is 3.20. The van der Waals surface area contributed by atoms with Crippen molar-refractivity contribution in [2.75, 3.05) is 19.5 Å². The number of rotatable bonds is 4. The molecule has 1 aliphatic carbocycles. The third kappa shape index (κ3) is 2.58. The van der Waals surface area contributed by atoms with Crippen LogP contribution in [0.2, 0.25) is 0 Å². The number of hydrogen-bond donors (Lipinski definition) is 1. The smallest absolute Gasteiger partial charge is 0.273 e. The van der Waals surface area contributed by atoms with Gasteiger partial charge in [0, 0.05) is 12.0 Å². The number of nitro groups is 1. The zero-order chi connectivity index (χ0) is 18.3. The summed E-state index contributed by atoms with van der Waals surface area (Å²) < 4.78 is 10.8. The highest BCUT2D eigenvalue weighted by atomic mass is 16.6. The number of hydrogen-bond acceptors (Lipinski definition) is 5. The molecular weight excluding hydrogens is 332 g/mol. The summed E-state index contributed by atoms with van der Waals surface area (Å²) in [5.41, 5.74) is 2.95. The standard InChI is InChI=1S/C20H20N2O4/c1-25-14-6-3-5-12(9-14)19-16-8-4-7-15(16)17-10-13(22(23)24)11-18(26-2)20(17)21-19/h3-7,9-11,15-16,19,21H,8H2,1-2H3/t15-,16-,19+/m1/s1. The van der Waals surface area contributed by atoms with Crippen molar-refractivity contribution >= 4 is 11.4 Å². The Morgan fingerprint density at radius 3 is 2.77 bits per heavy atom. The minimum Gasteiger partial charge on any atom is -0.497 e. The first kappa shape index (κ1) is 16.4. The Hall–Kier alpha value is -3.02. The van der Waals surface area contributed by atoms with E-state index in [2.05, 4.69) is 23.5 Å². The van der Waals surface area contributed by atoms with Gasteiger partial charge in [0.25, 0.3) is 5.69 Å². The van der Waals surface area contributed by atoms with Gasteiger partial charge in [0.05, 0.1) is 36.9 Å². The van der Waals surface area contributed by atoms with E-state index in [1.165, 1.54) is 13.2 Å². The first-order valence-corrected chi connectivity index (χ1v) is 8.56. The lowest BCUT2D eigenvalue weighted by atomic mass is 9.76. The number of nitro benzene ring substituents is 1. The number of methoxy groups -OCH3 is 2. The fourth-order valence-electron chi connectivity index (χ4n) is 4.08. The van der Waals surface area contributed by atoms with E-state index in [0.717, 1.165) is 29.0 Å². The molecule has 0 spiro atoms. The molecule has 0 unspecified atom stereocenters. The summed E-state index contributed by atoms with van der Waals surface area (Å²) in [6, 6.07) is 11.2. The van der Waals surface area contributed by atoms with Gasteiger partial charge in [-0.25, -0.2) is 0 Å². The molecule has 2 aromatic carbocycles. The zero-order valence-corrected chi connectivity index (χ0v) is 14.6. The van der Waals surface area contributed by atoms with Crippen LogP contribution in [0.4, 0.5) is 11.4 Å². The van der Waals surface area contributed by atoms with E-state index >= 15 is 0 Å². The van der Waals surface area contributed by atoms with Crippen molar-refractivity contribution in [3.05, 3.63) is 69.8 Å². The van der Waals surface area contributed by atoms with Crippen LogP contribution >= 0.6 is 0 Å². The largest absolute Gasteiger partial charge is 0.497 e. The van der Waals surface area contributed by atoms with Gasteiger partial charge >= 0.3 is 0 Å². The van der Waals surface area contributed by atoms with E-state index in [9.17, 15) is 10.1 Å². The number of non-ortho nitro benzene ring substituents is 1. The molecule has 1 aliphatic heterocycles. The molecule has 0 saturated carbocycles. The summed E-state index contributed by atoms with van der Waals surface area (Å²) in [6.45, 7) is 0. The maximum atomic E-state index is 11.3. The zero-order valence-electron chi connectivity index (χ0n) is 14.6. The molecule has 4 rings (SSSR count). The molecule has 1 heterocycles. The van der Waals surface area contributed by atoms with Crippen LogP contribution in [0.15, 0.2) is 48.6 Å². The van der Waals surface area contributed by atoms with Gasteiger partial charge < -0.3 is 14.8 Å². The molecule has 0 bridgehead atoms. The van der Waals surface area contributed by atoms with Crippen LogP contribution in [0.3, 0.4) is 0 Å². The summed E-state index contributed by atoms with van der Waals surface area (Å²) in [4.78, 5) is 10.9. The van der Waals surface area contributed by atoms with Gasteiger partial charge in [0.15, 0.2) is 0 Å². The molecule has 3 atom stereocenters. The molecule has 0 saturated heterocycles. The fraction of sp³-hybridized carbons (Fsp3) is 0.300. The van der Waals surface area contributed by atoms with Crippen LogP contribution in [-0.2, 0) is 0 Å². The molecule has 6 heteroatoms. The predicted molar refractivity (Wildman–Crippen MR) is 99.0 cm³/mol. The molecule has 2 aliphatic rings. The van der Waals surface area contributed by atoms with E-state index in [0.29, 0.717) is 11.7 Å². The maximum Gasteiger partial charge on any atom is 0.273 e. The summed E-state index contributed by atoms with van der Waals surface area (Å²) in [5.74, 6) is 1.73. The molecule has 0 radical (unpaired) electrons. The molecule has 0 amide bonds. The van der Waals surface area contributed by atoms with Crippen LogP contribution in [-0.4, -0.2) is 19.1 Å². The van der Waals surface area contributed by atoms with Crippen molar-refractivity contribution in [3.8, 4) is 11.5 Å². The van der Waals surface area contributed by atoms with Crippen molar-refractivity contribution in [2.24, 2.45) is 5.92 Å². The second-order valence-corrected chi connectivity index (χ2v) is 6.62. The van der Waals surface area contributed by atoms with Gasteiger partial charge in [-0.3, -0.25) is 10.1 Å². The molecule has 0 aromatic heterocycles. The number of fused-ring (bicyclic) bond motifs is 3. The lowest BCUT2D eigenvalue weighted by Crippen LogP contribution is -2.29. The second kappa shape index (κ2) is 6.37. The summed E-state index contributed by atoms with van der Waals surface area (Å²) in [6.07, 6.45) is 5.23. The van der Waals surface area contributed by atoms with Crippen molar-refractivity contribution in [2.45, 2.75) is 18.4 Å². The SMILES string of the molecule is COc1cccc([C@@H]2Nc3c(OC)cc([N+](=O)[O-])cc3[C@@H]3C=CC[C@H]32)c1. The van der Waals surface area contributed by atoms with E-state index in [1.807, 2.05) is 18.2 Å². The Kier molecular flexibility index (Phi) is 4.03. The molecular formula is C20H20N2O4. The number of allylic oxidation sites excluding steroid dienone is 2. The molecule has 1 N–H and O–H groups in total. The topological polar surface area (TPSA) is 73.6 Å². The van der Waals surface area contributed by atoms with Gasteiger partial charge in [-0.2, -0.15) is 0 Å². The summed E-state index contributed by atoms with van der Waals surface area (Å²) >= 11 is 0. The predicted octanol–water partition coefficient (Wildman–Crippen LogP) is 4.44. The van der Waals surface area contributed by atoms with Gasteiger partial charge in [0.2, 0.25) is 0 Å². The minimum absolute atomic E-state index is 0.0567. The molecule has 2 aromatic rings. The average molecular weight is 352 g/mol. The van der Waals surface area contributed by atoms with E-state index in [1.54, 1.807) is 13.2 Å².